The van der Waals surface area contributed by atoms with Crippen LogP contribution in [-0.4, -0.2) is 32.3 Å². The number of hydrazine groups is 1. The number of carbonyl (C=O) groups excluding carboxylic acids is 2. The van der Waals surface area contributed by atoms with Gasteiger partial charge in [0.2, 0.25) is 5.91 Å². The molecule has 0 radical (unpaired) electrons. The molecule has 0 aliphatic heterocycles. The molecule has 0 saturated heterocycles. The number of thioether (sulfide) groups is 1. The molecule has 0 spiro atoms. The molecule has 1 heterocycles. The van der Waals surface area contributed by atoms with Crippen molar-refractivity contribution in [2.45, 2.75) is 11.7 Å². The van der Waals surface area contributed by atoms with Crippen molar-refractivity contribution in [3.05, 3.63) is 78.6 Å². The van der Waals surface area contributed by atoms with Gasteiger partial charge in [0.15, 0.2) is 11.0 Å². The Hall–Kier alpha value is -3.46. The van der Waals surface area contributed by atoms with Crippen molar-refractivity contribution in [2.75, 3.05) is 5.75 Å². The fourth-order valence-corrected chi connectivity index (χ4v) is 3.20. The largest absolute Gasteiger partial charge is 0.298 e. The summed E-state index contributed by atoms with van der Waals surface area (Å²) in [6.45, 7) is 4.24. The first-order chi connectivity index (χ1) is 14.1. The molecule has 148 valence electrons. The highest BCUT2D eigenvalue weighted by molar-refractivity contribution is 7.99. The summed E-state index contributed by atoms with van der Waals surface area (Å²) < 4.78 is 14.8. The highest BCUT2D eigenvalue weighted by Gasteiger charge is 2.15. The zero-order chi connectivity index (χ0) is 20.6. The Bertz CT molecular complexity index is 1010. The van der Waals surface area contributed by atoms with Crippen molar-refractivity contribution in [1.29, 1.82) is 0 Å². The van der Waals surface area contributed by atoms with Gasteiger partial charge in [0, 0.05) is 17.7 Å². The number of nitrogens with zero attached hydrogens (tertiary/aromatic N) is 3. The quantitative estimate of drug-likeness (QED) is 0.355. The molecular weight excluding hydrogens is 393 g/mol. The summed E-state index contributed by atoms with van der Waals surface area (Å²) in [6, 6.07) is 14.6. The molecule has 1 aromatic heterocycles. The van der Waals surface area contributed by atoms with E-state index in [9.17, 15) is 14.0 Å². The van der Waals surface area contributed by atoms with Crippen molar-refractivity contribution in [2.24, 2.45) is 0 Å². The lowest BCUT2D eigenvalue weighted by molar-refractivity contribution is -0.119. The van der Waals surface area contributed by atoms with Gasteiger partial charge < -0.3 is 0 Å². The highest BCUT2D eigenvalue weighted by atomic mass is 32.2. The zero-order valence-electron chi connectivity index (χ0n) is 15.3. The van der Waals surface area contributed by atoms with E-state index in [-0.39, 0.29) is 11.3 Å². The van der Waals surface area contributed by atoms with E-state index in [1.54, 1.807) is 6.08 Å². The number of aromatic nitrogens is 3. The fraction of sp³-hybridized carbons (Fsp3) is 0.100. The van der Waals surface area contributed by atoms with Crippen LogP contribution in [-0.2, 0) is 11.3 Å². The van der Waals surface area contributed by atoms with Gasteiger partial charge >= 0.3 is 0 Å². The van der Waals surface area contributed by atoms with Crippen LogP contribution in [0.4, 0.5) is 4.39 Å². The van der Waals surface area contributed by atoms with Crippen molar-refractivity contribution < 1.29 is 14.0 Å². The summed E-state index contributed by atoms with van der Waals surface area (Å²) in [4.78, 5) is 24.0. The normalized spacial score (nSPS) is 10.4. The summed E-state index contributed by atoms with van der Waals surface area (Å²) in [5.74, 6) is -0.698. The maximum Gasteiger partial charge on any atom is 0.269 e. The maximum atomic E-state index is 12.9. The van der Waals surface area contributed by atoms with E-state index in [1.165, 1.54) is 36.0 Å². The number of nitrogens with one attached hydrogen (secondary N) is 2. The fourth-order valence-electron chi connectivity index (χ4n) is 2.46. The van der Waals surface area contributed by atoms with Crippen molar-refractivity contribution in [1.82, 2.24) is 25.6 Å². The molecular formula is C20H18FN5O2S. The third kappa shape index (κ3) is 5.29. The minimum absolute atomic E-state index is 0.0216. The third-order valence-corrected chi connectivity index (χ3v) is 4.78. The van der Waals surface area contributed by atoms with Crippen LogP contribution in [0, 0.1) is 5.82 Å². The Kier molecular flexibility index (Phi) is 6.75. The number of benzene rings is 2. The maximum absolute atomic E-state index is 12.9. The van der Waals surface area contributed by atoms with Gasteiger partial charge in [-0.05, 0) is 24.3 Å². The van der Waals surface area contributed by atoms with Crippen LogP contribution in [0.2, 0.25) is 0 Å². The van der Waals surface area contributed by atoms with Gasteiger partial charge in [0.25, 0.3) is 5.91 Å². The van der Waals surface area contributed by atoms with Gasteiger partial charge in [-0.1, -0.05) is 48.2 Å². The van der Waals surface area contributed by atoms with Crippen LogP contribution >= 0.6 is 11.8 Å². The smallest absolute Gasteiger partial charge is 0.269 e. The summed E-state index contributed by atoms with van der Waals surface area (Å²) in [7, 11) is 0. The van der Waals surface area contributed by atoms with Crippen LogP contribution < -0.4 is 10.9 Å². The number of hydrogen-bond acceptors (Lipinski definition) is 5. The second-order valence-corrected chi connectivity index (χ2v) is 6.81. The first kappa shape index (κ1) is 20.3. The Morgan fingerprint density at radius 3 is 2.48 bits per heavy atom. The van der Waals surface area contributed by atoms with Gasteiger partial charge in [-0.3, -0.25) is 25.0 Å². The molecule has 0 aliphatic carbocycles. The Labute approximate surface area is 171 Å². The monoisotopic (exact) mass is 411 g/mol. The van der Waals surface area contributed by atoms with Crippen molar-refractivity contribution in [3.8, 4) is 11.4 Å². The SMILES string of the molecule is C=CCn1c(SCC(=O)NNC(=O)c2ccc(F)cc2)nnc1-c1ccccc1. The third-order valence-electron chi connectivity index (χ3n) is 3.81. The average Bonchev–Trinajstić information content (AvgIpc) is 3.14. The van der Waals surface area contributed by atoms with Crippen LogP contribution in [0.15, 0.2) is 72.4 Å². The molecule has 0 atom stereocenters. The van der Waals surface area contributed by atoms with Gasteiger partial charge in [0.1, 0.15) is 5.82 Å². The zero-order valence-corrected chi connectivity index (χ0v) is 16.2. The molecule has 0 saturated carbocycles. The Balaban J connectivity index is 1.58. The molecule has 2 N–H and O–H groups in total. The second-order valence-electron chi connectivity index (χ2n) is 5.87. The van der Waals surface area contributed by atoms with Gasteiger partial charge in [-0.2, -0.15) is 0 Å². The Morgan fingerprint density at radius 2 is 1.79 bits per heavy atom. The van der Waals surface area contributed by atoms with E-state index in [0.29, 0.717) is 17.5 Å². The molecule has 0 bridgehead atoms. The van der Waals surface area contributed by atoms with Gasteiger partial charge in [-0.15, -0.1) is 16.8 Å². The summed E-state index contributed by atoms with van der Waals surface area (Å²) in [6.07, 6.45) is 1.73. The number of amides is 2. The van der Waals surface area contributed by atoms with Crippen LogP contribution in [0.5, 0.6) is 0 Å². The molecule has 2 amide bonds. The van der Waals surface area contributed by atoms with Gasteiger partial charge in [0.05, 0.1) is 5.75 Å². The summed E-state index contributed by atoms with van der Waals surface area (Å²) >= 11 is 1.19. The lowest BCUT2D eigenvalue weighted by Gasteiger charge is -2.09. The molecule has 3 rings (SSSR count). The standard InChI is InChI=1S/C20H18FN5O2S/c1-2-12-26-18(14-6-4-3-5-7-14)23-25-20(26)29-13-17(27)22-24-19(28)15-8-10-16(21)11-9-15/h2-11H,1,12-13H2,(H,22,27)(H,24,28). The molecule has 3 aromatic rings. The van der Waals surface area contributed by atoms with E-state index in [0.717, 1.165) is 5.56 Å². The average molecular weight is 411 g/mol. The van der Waals surface area contributed by atoms with E-state index in [2.05, 4.69) is 27.6 Å². The molecule has 29 heavy (non-hydrogen) atoms. The van der Waals surface area contributed by atoms with E-state index in [1.807, 2.05) is 34.9 Å². The minimum atomic E-state index is -0.537. The minimum Gasteiger partial charge on any atom is -0.298 e. The molecule has 0 fully saturated rings. The van der Waals surface area contributed by atoms with Crippen molar-refractivity contribution in [3.63, 3.8) is 0 Å². The molecule has 9 heteroatoms. The predicted molar refractivity (Wildman–Crippen MR) is 108 cm³/mol. The number of allylic oxidation sites excluding steroid dienone is 1. The van der Waals surface area contributed by atoms with Crippen LogP contribution in [0.25, 0.3) is 11.4 Å². The Morgan fingerprint density at radius 1 is 1.07 bits per heavy atom. The lowest BCUT2D eigenvalue weighted by atomic mass is 10.2. The van der Waals surface area contributed by atoms with E-state index < -0.39 is 17.6 Å². The van der Waals surface area contributed by atoms with Gasteiger partial charge in [-0.25, -0.2) is 4.39 Å². The number of carbonyl (C=O) groups is 2. The molecule has 2 aromatic carbocycles. The topological polar surface area (TPSA) is 88.9 Å². The number of hydrogen-bond donors (Lipinski definition) is 2. The van der Waals surface area contributed by atoms with Crippen molar-refractivity contribution >= 4 is 23.6 Å². The number of rotatable bonds is 7. The molecule has 0 aliphatic rings. The van der Waals surface area contributed by atoms with Crippen LogP contribution in [0.1, 0.15) is 10.4 Å². The first-order valence-electron chi connectivity index (χ1n) is 8.65. The summed E-state index contributed by atoms with van der Waals surface area (Å²) in [5.41, 5.74) is 5.76. The molecule has 0 unspecified atom stereocenters. The summed E-state index contributed by atoms with van der Waals surface area (Å²) in [5, 5.41) is 8.93. The van der Waals surface area contributed by atoms with E-state index in [4.69, 9.17) is 0 Å². The van der Waals surface area contributed by atoms with Crippen LogP contribution in [0.3, 0.4) is 0 Å². The second kappa shape index (κ2) is 9.65. The number of halogens is 1. The molecule has 7 nitrogen and oxygen atoms in total. The van der Waals surface area contributed by atoms with E-state index >= 15 is 0 Å². The highest BCUT2D eigenvalue weighted by Crippen LogP contribution is 2.23. The first-order valence-corrected chi connectivity index (χ1v) is 9.64. The predicted octanol–water partition coefficient (Wildman–Crippen LogP) is 2.82. The lowest BCUT2D eigenvalue weighted by Crippen LogP contribution is -2.42.